The van der Waals surface area contributed by atoms with Gasteiger partial charge in [0, 0.05) is 23.7 Å². The Morgan fingerprint density at radius 2 is 1.76 bits per heavy atom. The zero-order chi connectivity index (χ0) is 23.4. The largest absolute Gasteiger partial charge is 0.493 e. The van der Waals surface area contributed by atoms with Gasteiger partial charge in [-0.1, -0.05) is 23.7 Å². The molecule has 1 fully saturated rings. The third-order valence-corrected chi connectivity index (χ3v) is 6.10. The first-order chi connectivity index (χ1) is 16.1. The van der Waals surface area contributed by atoms with E-state index < -0.39 is 0 Å². The molecule has 0 radical (unpaired) electrons. The number of hydrogen-bond acceptors (Lipinski definition) is 6. The van der Waals surface area contributed by atoms with E-state index in [1.54, 1.807) is 23.0 Å². The predicted molar refractivity (Wildman–Crippen MR) is 127 cm³/mol. The van der Waals surface area contributed by atoms with Crippen molar-refractivity contribution in [3.8, 4) is 22.9 Å². The molecule has 0 atom stereocenters. The predicted octanol–water partition coefficient (Wildman–Crippen LogP) is 4.27. The van der Waals surface area contributed by atoms with Crippen LogP contribution in [-0.2, 0) is 0 Å². The Bertz CT molecular complexity index is 1120. The van der Waals surface area contributed by atoms with E-state index in [0.29, 0.717) is 33.5 Å². The van der Waals surface area contributed by atoms with Crippen molar-refractivity contribution in [2.75, 3.05) is 39.7 Å². The molecule has 8 nitrogen and oxygen atoms in total. The standard InChI is InChI=1S/C24H27ClN4O4/c1-31-20-12-16(13-21(32-2)23(20)33-3)28-24(30)17-14-27-29(19-7-5-4-6-18(19)25)22(17)15-8-10-26-11-9-15/h4-7,12-15,26H,8-11H2,1-3H3,(H,28,30). The fourth-order valence-corrected chi connectivity index (χ4v) is 4.40. The van der Waals surface area contributed by atoms with Crippen LogP contribution in [0, 0.1) is 0 Å². The summed E-state index contributed by atoms with van der Waals surface area (Å²) >= 11 is 6.47. The maximum Gasteiger partial charge on any atom is 0.259 e. The number of hydrogen-bond donors (Lipinski definition) is 2. The number of aromatic nitrogens is 2. The highest BCUT2D eigenvalue weighted by molar-refractivity contribution is 6.32. The minimum Gasteiger partial charge on any atom is -0.493 e. The molecule has 0 saturated carbocycles. The maximum atomic E-state index is 13.4. The number of halogens is 1. The van der Waals surface area contributed by atoms with E-state index in [4.69, 9.17) is 25.8 Å². The fraction of sp³-hybridized carbons (Fsp3) is 0.333. The summed E-state index contributed by atoms with van der Waals surface area (Å²) in [7, 11) is 4.60. The van der Waals surface area contributed by atoms with Gasteiger partial charge in [-0.2, -0.15) is 5.10 Å². The summed E-state index contributed by atoms with van der Waals surface area (Å²) in [6, 6.07) is 10.9. The quantitative estimate of drug-likeness (QED) is 0.536. The summed E-state index contributed by atoms with van der Waals surface area (Å²) in [6.07, 6.45) is 3.41. The van der Waals surface area contributed by atoms with Crippen molar-refractivity contribution in [1.82, 2.24) is 15.1 Å². The molecule has 0 aliphatic carbocycles. The molecule has 33 heavy (non-hydrogen) atoms. The fourth-order valence-electron chi connectivity index (χ4n) is 4.19. The molecular weight excluding hydrogens is 444 g/mol. The van der Waals surface area contributed by atoms with E-state index in [2.05, 4.69) is 15.7 Å². The van der Waals surface area contributed by atoms with Crippen LogP contribution in [0.4, 0.5) is 5.69 Å². The van der Waals surface area contributed by atoms with Crippen molar-refractivity contribution in [3.05, 3.63) is 58.9 Å². The first kappa shape index (κ1) is 22.9. The highest BCUT2D eigenvalue weighted by Crippen LogP contribution is 2.40. The first-order valence-corrected chi connectivity index (χ1v) is 11.1. The van der Waals surface area contributed by atoms with Crippen LogP contribution in [0.2, 0.25) is 5.02 Å². The number of methoxy groups -OCH3 is 3. The van der Waals surface area contributed by atoms with Gasteiger partial charge in [-0.3, -0.25) is 4.79 Å². The van der Waals surface area contributed by atoms with E-state index in [1.807, 2.05) is 24.3 Å². The summed E-state index contributed by atoms with van der Waals surface area (Å²) in [5, 5.41) is 11.5. The van der Waals surface area contributed by atoms with Gasteiger partial charge in [0.1, 0.15) is 0 Å². The van der Waals surface area contributed by atoms with E-state index in [0.717, 1.165) is 37.3 Å². The van der Waals surface area contributed by atoms with Crippen molar-refractivity contribution >= 4 is 23.2 Å². The maximum absolute atomic E-state index is 13.4. The van der Waals surface area contributed by atoms with Crippen LogP contribution < -0.4 is 24.8 Å². The molecule has 0 spiro atoms. The zero-order valence-electron chi connectivity index (χ0n) is 18.9. The van der Waals surface area contributed by atoms with Crippen molar-refractivity contribution < 1.29 is 19.0 Å². The third-order valence-electron chi connectivity index (χ3n) is 5.78. The summed E-state index contributed by atoms with van der Waals surface area (Å²) < 4.78 is 18.0. The summed E-state index contributed by atoms with van der Waals surface area (Å²) in [4.78, 5) is 13.4. The molecule has 2 aromatic carbocycles. The van der Waals surface area contributed by atoms with Crippen LogP contribution in [0.1, 0.15) is 34.8 Å². The molecule has 3 aromatic rings. The number of rotatable bonds is 7. The van der Waals surface area contributed by atoms with Gasteiger partial charge in [0.05, 0.1) is 49.5 Å². The number of nitrogens with zero attached hydrogens (tertiary/aromatic N) is 2. The van der Waals surface area contributed by atoms with E-state index in [9.17, 15) is 4.79 Å². The second-order valence-corrected chi connectivity index (χ2v) is 8.11. The third kappa shape index (κ3) is 4.62. The zero-order valence-corrected chi connectivity index (χ0v) is 19.6. The van der Waals surface area contributed by atoms with E-state index >= 15 is 0 Å². The van der Waals surface area contributed by atoms with Gasteiger partial charge >= 0.3 is 0 Å². The highest BCUT2D eigenvalue weighted by Gasteiger charge is 2.28. The van der Waals surface area contributed by atoms with Crippen LogP contribution in [0.25, 0.3) is 5.69 Å². The minimum atomic E-state index is -0.267. The summed E-state index contributed by atoms with van der Waals surface area (Å²) in [6.45, 7) is 1.76. The van der Waals surface area contributed by atoms with Crippen molar-refractivity contribution in [3.63, 3.8) is 0 Å². The first-order valence-electron chi connectivity index (χ1n) is 10.7. The van der Waals surface area contributed by atoms with Crippen molar-refractivity contribution in [1.29, 1.82) is 0 Å². The molecule has 1 aliphatic rings. The number of piperidine rings is 1. The number of carbonyl (C=O) groups is 1. The van der Waals surface area contributed by atoms with Gasteiger partial charge in [0.2, 0.25) is 5.75 Å². The molecule has 2 heterocycles. The lowest BCUT2D eigenvalue weighted by atomic mass is 9.91. The monoisotopic (exact) mass is 470 g/mol. The molecule has 2 N–H and O–H groups in total. The van der Waals surface area contributed by atoms with Crippen LogP contribution in [0.5, 0.6) is 17.2 Å². The van der Waals surface area contributed by atoms with Gasteiger partial charge < -0.3 is 24.8 Å². The Kier molecular flexibility index (Phi) is 7.05. The Morgan fingerprint density at radius 3 is 2.36 bits per heavy atom. The van der Waals surface area contributed by atoms with Gasteiger partial charge in [-0.25, -0.2) is 4.68 Å². The highest BCUT2D eigenvalue weighted by atomic mass is 35.5. The lowest BCUT2D eigenvalue weighted by Gasteiger charge is -2.25. The Balaban J connectivity index is 1.73. The number of carbonyl (C=O) groups excluding carboxylic acids is 1. The molecule has 1 aliphatic heterocycles. The van der Waals surface area contributed by atoms with Crippen molar-refractivity contribution in [2.24, 2.45) is 0 Å². The number of ether oxygens (including phenoxy) is 3. The van der Waals surface area contributed by atoms with Gasteiger partial charge in [0.25, 0.3) is 5.91 Å². The minimum absolute atomic E-state index is 0.172. The van der Waals surface area contributed by atoms with Crippen LogP contribution in [0.3, 0.4) is 0 Å². The average Bonchev–Trinajstić information content (AvgIpc) is 3.29. The molecule has 0 unspecified atom stereocenters. The Labute approximate surface area is 197 Å². The lowest BCUT2D eigenvalue weighted by Crippen LogP contribution is -2.29. The molecule has 1 saturated heterocycles. The van der Waals surface area contributed by atoms with Gasteiger partial charge in [-0.05, 0) is 38.1 Å². The molecule has 174 valence electrons. The second-order valence-electron chi connectivity index (χ2n) is 7.70. The van der Waals surface area contributed by atoms with Gasteiger partial charge in [-0.15, -0.1) is 0 Å². The van der Waals surface area contributed by atoms with Crippen LogP contribution in [0.15, 0.2) is 42.6 Å². The molecule has 1 amide bonds. The molecule has 0 bridgehead atoms. The molecule has 4 rings (SSSR count). The Morgan fingerprint density at radius 1 is 1.09 bits per heavy atom. The molecule has 9 heteroatoms. The molecule has 1 aromatic heterocycles. The number of nitrogens with one attached hydrogen (secondary N) is 2. The normalized spacial score (nSPS) is 14.1. The smallest absolute Gasteiger partial charge is 0.259 e. The number of anilines is 1. The second kappa shape index (κ2) is 10.1. The topological polar surface area (TPSA) is 86.6 Å². The van der Waals surface area contributed by atoms with Crippen LogP contribution >= 0.6 is 11.6 Å². The van der Waals surface area contributed by atoms with E-state index in [-0.39, 0.29) is 11.8 Å². The van der Waals surface area contributed by atoms with Crippen molar-refractivity contribution in [2.45, 2.75) is 18.8 Å². The van der Waals surface area contributed by atoms with Crippen LogP contribution in [-0.4, -0.2) is 50.1 Å². The number of benzene rings is 2. The average molecular weight is 471 g/mol. The summed E-state index contributed by atoms with van der Waals surface area (Å²) in [5.41, 5.74) is 2.64. The molecular formula is C24H27ClN4O4. The number of para-hydroxylation sites is 1. The Hall–Kier alpha value is -3.23. The number of amides is 1. The summed E-state index contributed by atoms with van der Waals surface area (Å²) in [5.74, 6) is 1.27. The van der Waals surface area contributed by atoms with E-state index in [1.165, 1.54) is 21.3 Å². The van der Waals surface area contributed by atoms with Gasteiger partial charge in [0.15, 0.2) is 11.5 Å². The lowest BCUT2D eigenvalue weighted by molar-refractivity contribution is 0.102. The SMILES string of the molecule is COc1cc(NC(=O)c2cnn(-c3ccccc3Cl)c2C2CCNCC2)cc(OC)c1OC.